The van der Waals surface area contributed by atoms with E-state index >= 15 is 0 Å². The summed E-state index contributed by atoms with van der Waals surface area (Å²) in [5.41, 5.74) is 6.29. The lowest BCUT2D eigenvalue weighted by molar-refractivity contribution is -0.177. The molecular weight excluding hydrogens is 356 g/mol. The Morgan fingerprint density at radius 2 is 2.09 bits per heavy atom. The van der Waals surface area contributed by atoms with E-state index in [1.54, 1.807) is 6.92 Å². The van der Waals surface area contributed by atoms with Gasteiger partial charge in [-0.1, -0.05) is 34.5 Å². The molecule has 2 fully saturated rings. The Morgan fingerprint density at radius 1 is 1.43 bits per heavy atom. The number of ether oxygens (including phenoxy) is 1. The smallest absolute Gasteiger partial charge is 0.244 e. The zero-order valence-electron chi connectivity index (χ0n) is 13.8. The molecule has 3 rings (SSSR count). The fourth-order valence-electron chi connectivity index (χ4n) is 3.88. The molecule has 3 atom stereocenters. The molecule has 2 saturated carbocycles. The topological polar surface area (TPSA) is 64.3 Å². The van der Waals surface area contributed by atoms with Crippen LogP contribution in [0.4, 0.5) is 0 Å². The van der Waals surface area contributed by atoms with Crippen LogP contribution in [0.1, 0.15) is 45.1 Å². The molecule has 2 aliphatic carbocycles. The van der Waals surface area contributed by atoms with Gasteiger partial charge in [0.25, 0.3) is 0 Å². The number of nitrogens with one attached hydrogen (secondary N) is 1. The van der Waals surface area contributed by atoms with E-state index in [1.165, 1.54) is 6.42 Å². The van der Waals surface area contributed by atoms with Gasteiger partial charge in [0.15, 0.2) is 0 Å². The van der Waals surface area contributed by atoms with Crippen molar-refractivity contribution in [3.63, 3.8) is 0 Å². The summed E-state index contributed by atoms with van der Waals surface area (Å²) >= 11 is 3.41. The van der Waals surface area contributed by atoms with Crippen molar-refractivity contribution in [2.24, 2.45) is 11.1 Å². The van der Waals surface area contributed by atoms with Crippen molar-refractivity contribution in [2.45, 2.75) is 57.2 Å². The molecule has 1 amide bonds. The number of carbonyl (C=O) groups is 1. The highest BCUT2D eigenvalue weighted by Crippen LogP contribution is 2.57. The maximum absolute atomic E-state index is 12.8. The number of hydrogen-bond donors (Lipinski definition) is 2. The first-order valence-corrected chi connectivity index (χ1v) is 9.17. The van der Waals surface area contributed by atoms with E-state index in [1.807, 2.05) is 31.2 Å². The standard InChI is InChI=1S/C18H25BrN2O2/c1-3-23-15-11-14(18(15)9-4-10-18)21-16(22)17(2,20)12-5-7-13(19)8-6-12/h5-8,14-15H,3-4,9-11,20H2,1-2H3,(H,21,22). The van der Waals surface area contributed by atoms with Gasteiger partial charge in [-0.15, -0.1) is 0 Å². The molecule has 1 aromatic rings. The summed E-state index contributed by atoms with van der Waals surface area (Å²) in [6, 6.07) is 7.81. The van der Waals surface area contributed by atoms with Gasteiger partial charge in [0.05, 0.1) is 6.10 Å². The second kappa shape index (κ2) is 6.19. The Labute approximate surface area is 146 Å². The third-order valence-corrected chi connectivity index (χ3v) is 6.19. The molecule has 1 spiro atoms. The SMILES string of the molecule is CCOC1CC(NC(=O)C(C)(N)c2ccc(Br)cc2)C12CCC2. The fraction of sp³-hybridized carbons (Fsp3) is 0.611. The van der Waals surface area contributed by atoms with Gasteiger partial charge in [0.1, 0.15) is 5.54 Å². The predicted octanol–water partition coefficient (Wildman–Crippen LogP) is 3.09. The maximum Gasteiger partial charge on any atom is 0.244 e. The van der Waals surface area contributed by atoms with Crippen molar-refractivity contribution in [2.75, 3.05) is 6.61 Å². The zero-order chi connectivity index (χ0) is 16.7. The largest absolute Gasteiger partial charge is 0.378 e. The minimum atomic E-state index is -1.03. The van der Waals surface area contributed by atoms with Crippen LogP contribution in [0.5, 0.6) is 0 Å². The van der Waals surface area contributed by atoms with E-state index in [9.17, 15) is 4.79 Å². The van der Waals surface area contributed by atoms with Gasteiger partial charge < -0.3 is 15.8 Å². The van der Waals surface area contributed by atoms with Gasteiger partial charge in [-0.3, -0.25) is 4.79 Å². The Kier molecular flexibility index (Phi) is 4.55. The van der Waals surface area contributed by atoms with Crippen LogP contribution in [0.2, 0.25) is 0 Å². The van der Waals surface area contributed by atoms with Crippen molar-refractivity contribution in [1.29, 1.82) is 0 Å². The summed E-state index contributed by atoms with van der Waals surface area (Å²) in [5.74, 6) is -0.106. The molecule has 3 unspecified atom stereocenters. The molecule has 0 heterocycles. The van der Waals surface area contributed by atoms with Crippen LogP contribution in [0, 0.1) is 5.41 Å². The van der Waals surface area contributed by atoms with Crippen LogP contribution < -0.4 is 11.1 Å². The van der Waals surface area contributed by atoms with Crippen molar-refractivity contribution < 1.29 is 9.53 Å². The third kappa shape index (κ3) is 2.83. The van der Waals surface area contributed by atoms with Crippen LogP contribution in [0.25, 0.3) is 0 Å². The Bertz CT molecular complexity index is 581. The highest BCUT2D eigenvalue weighted by Gasteiger charge is 2.59. The van der Waals surface area contributed by atoms with E-state index in [2.05, 4.69) is 21.2 Å². The van der Waals surface area contributed by atoms with Gasteiger partial charge in [-0.25, -0.2) is 0 Å². The number of rotatable bonds is 5. The van der Waals surface area contributed by atoms with Gasteiger partial charge >= 0.3 is 0 Å². The molecule has 0 aromatic heterocycles. The van der Waals surface area contributed by atoms with E-state index < -0.39 is 5.54 Å². The molecule has 2 aliphatic rings. The predicted molar refractivity (Wildman–Crippen MR) is 93.9 cm³/mol. The number of nitrogens with two attached hydrogens (primary N) is 1. The van der Waals surface area contributed by atoms with Crippen LogP contribution in [-0.4, -0.2) is 24.7 Å². The molecule has 3 N–H and O–H groups in total. The van der Waals surface area contributed by atoms with Crippen LogP contribution in [-0.2, 0) is 15.1 Å². The third-order valence-electron chi connectivity index (χ3n) is 5.66. The molecule has 5 heteroatoms. The Balaban J connectivity index is 1.68. The molecule has 0 radical (unpaired) electrons. The molecule has 126 valence electrons. The van der Waals surface area contributed by atoms with Crippen molar-refractivity contribution in [1.82, 2.24) is 5.32 Å². The highest BCUT2D eigenvalue weighted by molar-refractivity contribution is 9.10. The first kappa shape index (κ1) is 16.9. The average Bonchev–Trinajstić information content (AvgIpc) is 2.44. The Hall–Kier alpha value is -0.910. The van der Waals surface area contributed by atoms with E-state index in [-0.39, 0.29) is 17.4 Å². The summed E-state index contributed by atoms with van der Waals surface area (Å²) < 4.78 is 6.82. The van der Waals surface area contributed by atoms with Crippen molar-refractivity contribution >= 4 is 21.8 Å². The lowest BCUT2D eigenvalue weighted by Gasteiger charge is -2.61. The van der Waals surface area contributed by atoms with Gasteiger partial charge in [0.2, 0.25) is 5.91 Å². The normalized spacial score (nSPS) is 27.7. The number of halogens is 1. The van der Waals surface area contributed by atoms with Gasteiger partial charge in [0, 0.05) is 22.5 Å². The minimum Gasteiger partial charge on any atom is -0.378 e. The van der Waals surface area contributed by atoms with Crippen molar-refractivity contribution in [3.05, 3.63) is 34.3 Å². The summed E-state index contributed by atoms with van der Waals surface area (Å²) in [6.07, 6.45) is 4.70. The van der Waals surface area contributed by atoms with E-state index in [0.717, 1.165) is 35.9 Å². The van der Waals surface area contributed by atoms with Crippen molar-refractivity contribution in [3.8, 4) is 0 Å². The molecule has 1 aromatic carbocycles. The zero-order valence-corrected chi connectivity index (χ0v) is 15.4. The number of amides is 1. The summed E-state index contributed by atoms with van der Waals surface area (Å²) in [4.78, 5) is 12.8. The van der Waals surface area contributed by atoms with E-state index in [4.69, 9.17) is 10.5 Å². The number of carbonyl (C=O) groups excluding carboxylic acids is 1. The number of hydrogen-bond acceptors (Lipinski definition) is 3. The minimum absolute atomic E-state index is 0.106. The molecule has 0 bridgehead atoms. The molecule has 0 saturated heterocycles. The van der Waals surface area contributed by atoms with Crippen LogP contribution in [0.3, 0.4) is 0 Å². The summed E-state index contributed by atoms with van der Waals surface area (Å²) in [7, 11) is 0. The lowest BCUT2D eigenvalue weighted by Crippen LogP contribution is -2.69. The first-order chi connectivity index (χ1) is 10.9. The fourth-order valence-corrected chi connectivity index (χ4v) is 4.14. The lowest BCUT2D eigenvalue weighted by atomic mass is 9.51. The summed E-state index contributed by atoms with van der Waals surface area (Å²) in [6.45, 7) is 4.54. The first-order valence-electron chi connectivity index (χ1n) is 8.37. The highest BCUT2D eigenvalue weighted by atomic mass is 79.9. The van der Waals surface area contributed by atoms with Crippen LogP contribution >= 0.6 is 15.9 Å². The van der Waals surface area contributed by atoms with Crippen LogP contribution in [0.15, 0.2) is 28.7 Å². The maximum atomic E-state index is 12.8. The molecular formula is C18H25BrN2O2. The molecule has 0 aliphatic heterocycles. The average molecular weight is 381 g/mol. The Morgan fingerprint density at radius 3 is 2.61 bits per heavy atom. The summed E-state index contributed by atoms with van der Waals surface area (Å²) in [5, 5.41) is 3.20. The molecule has 23 heavy (non-hydrogen) atoms. The van der Waals surface area contributed by atoms with Gasteiger partial charge in [-0.05, 0) is 50.8 Å². The number of benzene rings is 1. The molecule has 4 nitrogen and oxygen atoms in total. The quantitative estimate of drug-likeness (QED) is 0.824. The monoisotopic (exact) mass is 380 g/mol. The second-order valence-corrected chi connectivity index (χ2v) is 7.92. The van der Waals surface area contributed by atoms with E-state index in [0.29, 0.717) is 6.10 Å². The second-order valence-electron chi connectivity index (χ2n) is 7.00. The van der Waals surface area contributed by atoms with Gasteiger partial charge in [-0.2, -0.15) is 0 Å².